The molecule has 2 fully saturated rings. The Bertz CT molecular complexity index is 1050. The Labute approximate surface area is 224 Å². The number of ketones is 1. The number of rotatable bonds is 8. The van der Waals surface area contributed by atoms with E-state index in [1.54, 1.807) is 19.1 Å². The average Bonchev–Trinajstić information content (AvgIpc) is 3.58. The molecular weight excluding hydrogens is 484 g/mol. The van der Waals surface area contributed by atoms with E-state index in [4.69, 9.17) is 14.6 Å². The fourth-order valence-electron chi connectivity index (χ4n) is 5.67. The van der Waals surface area contributed by atoms with Crippen molar-refractivity contribution < 1.29 is 33.8 Å². The number of hydrogen-bond donors (Lipinski definition) is 1. The molecule has 0 unspecified atom stereocenters. The molecule has 0 bridgehead atoms. The molecule has 0 amide bonds. The number of benzene rings is 2. The molecule has 0 spiro atoms. The predicted octanol–water partition coefficient (Wildman–Crippen LogP) is 5.54. The second-order valence-corrected chi connectivity index (χ2v) is 10.5. The summed E-state index contributed by atoms with van der Waals surface area (Å²) in [5.74, 6) is -0.0124. The van der Waals surface area contributed by atoms with Crippen LogP contribution in [-0.4, -0.2) is 43.0 Å². The molecule has 4 rings (SSSR count). The molecule has 7 nitrogen and oxygen atoms in total. The number of ether oxygens (including phenoxy) is 2. The summed E-state index contributed by atoms with van der Waals surface area (Å²) in [5.41, 5.74) is 3.37. The van der Waals surface area contributed by atoms with E-state index in [0.717, 1.165) is 62.5 Å². The molecule has 2 aliphatic carbocycles. The Hall–Kier alpha value is -3.48. The Morgan fingerprint density at radius 1 is 0.737 bits per heavy atom. The number of methoxy groups -OCH3 is 2. The van der Waals surface area contributed by atoms with Crippen molar-refractivity contribution in [1.29, 1.82) is 0 Å². The standard InChI is InChI=1S/C16H20O3.C15H18O4/c1-11(17)14-7-6-13(9-14)8-12-4-3-5-15(10-12)16(18)19-2;1-19-15(18)13-4-2-3-10(9-13)7-11-5-6-12(8-11)14(16)17/h3-5,10,13-14H,6-9H2,1-2H3;2-4,9,11-12H,5-8H2,1H3,(H,16,17)/t13-,14+;11-,12+/m00/s1. The van der Waals surface area contributed by atoms with Crippen LogP contribution in [0.15, 0.2) is 48.5 Å². The van der Waals surface area contributed by atoms with Crippen LogP contribution in [0.1, 0.15) is 77.3 Å². The van der Waals surface area contributed by atoms with Gasteiger partial charge in [-0.1, -0.05) is 24.3 Å². The van der Waals surface area contributed by atoms with Crippen molar-refractivity contribution in [3.05, 3.63) is 70.8 Å². The van der Waals surface area contributed by atoms with Gasteiger partial charge in [0, 0.05) is 5.92 Å². The smallest absolute Gasteiger partial charge is 0.337 e. The van der Waals surface area contributed by atoms with Gasteiger partial charge >= 0.3 is 17.9 Å². The molecule has 0 aliphatic heterocycles. The van der Waals surface area contributed by atoms with Gasteiger partial charge in [0.2, 0.25) is 0 Å². The summed E-state index contributed by atoms with van der Waals surface area (Å²) < 4.78 is 9.42. The van der Waals surface area contributed by atoms with Crippen molar-refractivity contribution >= 4 is 23.7 Å². The molecule has 2 aliphatic rings. The lowest BCUT2D eigenvalue weighted by Gasteiger charge is -2.10. The van der Waals surface area contributed by atoms with Crippen LogP contribution in [0.2, 0.25) is 0 Å². The van der Waals surface area contributed by atoms with Crippen LogP contribution in [0.25, 0.3) is 0 Å². The van der Waals surface area contributed by atoms with Gasteiger partial charge in [0.25, 0.3) is 0 Å². The number of aliphatic carboxylic acids is 1. The third-order valence-electron chi connectivity index (χ3n) is 7.75. The van der Waals surface area contributed by atoms with Gasteiger partial charge in [0.05, 0.1) is 31.3 Å². The van der Waals surface area contributed by atoms with Gasteiger partial charge in [-0.15, -0.1) is 0 Å². The van der Waals surface area contributed by atoms with E-state index in [-0.39, 0.29) is 23.8 Å². The van der Waals surface area contributed by atoms with E-state index in [1.165, 1.54) is 14.2 Å². The number of esters is 2. The van der Waals surface area contributed by atoms with Crippen LogP contribution in [0.5, 0.6) is 0 Å². The molecule has 0 aromatic heterocycles. The number of hydrogen-bond acceptors (Lipinski definition) is 6. The molecule has 0 radical (unpaired) electrons. The van der Waals surface area contributed by atoms with Gasteiger partial charge in [-0.2, -0.15) is 0 Å². The average molecular weight is 523 g/mol. The number of carboxylic acids is 1. The molecular formula is C31H38O7. The number of carboxylic acid groups (broad SMARTS) is 1. The fraction of sp³-hybridized carbons (Fsp3) is 0.484. The van der Waals surface area contributed by atoms with E-state index in [2.05, 4.69) is 0 Å². The van der Waals surface area contributed by atoms with Crippen LogP contribution in [0.3, 0.4) is 0 Å². The summed E-state index contributed by atoms with van der Waals surface area (Å²) in [5, 5.41) is 8.98. The van der Waals surface area contributed by atoms with Gasteiger partial charge in [0.15, 0.2) is 0 Å². The van der Waals surface area contributed by atoms with Crippen LogP contribution in [-0.2, 0) is 31.9 Å². The zero-order valence-electron chi connectivity index (χ0n) is 22.5. The first-order valence-corrected chi connectivity index (χ1v) is 13.3. The first-order valence-electron chi connectivity index (χ1n) is 13.3. The molecule has 204 valence electrons. The Morgan fingerprint density at radius 2 is 1.18 bits per heavy atom. The highest BCUT2D eigenvalue weighted by Crippen LogP contribution is 2.34. The van der Waals surface area contributed by atoms with Crippen LogP contribution >= 0.6 is 0 Å². The Morgan fingerprint density at radius 3 is 1.55 bits per heavy atom. The summed E-state index contributed by atoms with van der Waals surface area (Å²) in [4.78, 5) is 45.2. The van der Waals surface area contributed by atoms with E-state index in [1.807, 2.05) is 36.4 Å². The highest BCUT2D eigenvalue weighted by atomic mass is 16.5. The molecule has 7 heteroatoms. The molecule has 38 heavy (non-hydrogen) atoms. The predicted molar refractivity (Wildman–Crippen MR) is 143 cm³/mol. The van der Waals surface area contributed by atoms with E-state index in [9.17, 15) is 19.2 Å². The zero-order chi connectivity index (χ0) is 27.7. The monoisotopic (exact) mass is 522 g/mol. The van der Waals surface area contributed by atoms with Crippen LogP contribution in [0, 0.1) is 23.7 Å². The van der Waals surface area contributed by atoms with Gasteiger partial charge < -0.3 is 14.6 Å². The maximum Gasteiger partial charge on any atom is 0.337 e. The zero-order valence-corrected chi connectivity index (χ0v) is 22.5. The van der Waals surface area contributed by atoms with Gasteiger partial charge in [0.1, 0.15) is 5.78 Å². The van der Waals surface area contributed by atoms with E-state index in [0.29, 0.717) is 28.7 Å². The summed E-state index contributed by atoms with van der Waals surface area (Å²) in [7, 11) is 2.76. The fourth-order valence-corrected chi connectivity index (χ4v) is 5.67. The first-order chi connectivity index (χ1) is 18.2. The van der Waals surface area contributed by atoms with Crippen molar-refractivity contribution in [2.75, 3.05) is 14.2 Å². The first kappa shape index (κ1) is 29.1. The van der Waals surface area contributed by atoms with Gasteiger partial charge in [-0.25, -0.2) is 9.59 Å². The minimum absolute atomic E-state index is 0.200. The minimum Gasteiger partial charge on any atom is -0.481 e. The van der Waals surface area contributed by atoms with Crippen molar-refractivity contribution in [2.45, 2.75) is 58.3 Å². The quantitative estimate of drug-likeness (QED) is 0.454. The second-order valence-electron chi connectivity index (χ2n) is 10.5. The summed E-state index contributed by atoms with van der Waals surface area (Å²) in [6.45, 7) is 1.69. The molecule has 2 aromatic rings. The summed E-state index contributed by atoms with van der Waals surface area (Å²) in [6, 6.07) is 15.0. The van der Waals surface area contributed by atoms with E-state index >= 15 is 0 Å². The maximum absolute atomic E-state index is 11.5. The maximum atomic E-state index is 11.5. The highest BCUT2D eigenvalue weighted by molar-refractivity contribution is 5.90. The van der Waals surface area contributed by atoms with E-state index < -0.39 is 5.97 Å². The van der Waals surface area contributed by atoms with Gasteiger partial charge in [-0.3, -0.25) is 9.59 Å². The summed E-state index contributed by atoms with van der Waals surface area (Å²) >= 11 is 0. The summed E-state index contributed by atoms with van der Waals surface area (Å²) in [6.07, 6.45) is 7.30. The van der Waals surface area contributed by atoms with Crippen LogP contribution in [0.4, 0.5) is 0 Å². The molecule has 0 saturated heterocycles. The lowest BCUT2D eigenvalue weighted by molar-refractivity contribution is -0.141. The number of carbonyl (C=O) groups is 4. The lowest BCUT2D eigenvalue weighted by Crippen LogP contribution is -2.10. The molecule has 1 N–H and O–H groups in total. The SMILES string of the molecule is COC(=O)c1cccc(C[C@@H]2CC[C@@H](C(=O)O)C2)c1.COC(=O)c1cccc(C[C@@H]2CC[C@@H](C(C)=O)C2)c1. The molecule has 4 atom stereocenters. The minimum atomic E-state index is -0.689. The number of carbonyl (C=O) groups excluding carboxylic acids is 3. The second kappa shape index (κ2) is 13.9. The largest absolute Gasteiger partial charge is 0.481 e. The molecule has 2 saturated carbocycles. The van der Waals surface area contributed by atoms with Gasteiger partial charge in [-0.05, 0) is 106 Å². The topological polar surface area (TPSA) is 107 Å². The lowest BCUT2D eigenvalue weighted by atomic mass is 9.95. The third kappa shape index (κ3) is 8.27. The Kier molecular flexibility index (Phi) is 10.6. The van der Waals surface area contributed by atoms with Crippen molar-refractivity contribution in [3.8, 4) is 0 Å². The number of Topliss-reactive ketones (excluding diaryl/α,β-unsaturated/α-hetero) is 1. The highest BCUT2D eigenvalue weighted by Gasteiger charge is 2.30. The Balaban J connectivity index is 0.000000211. The molecule has 2 aromatic carbocycles. The van der Waals surface area contributed by atoms with Crippen molar-refractivity contribution in [2.24, 2.45) is 23.7 Å². The molecule has 0 heterocycles. The normalized spacial score (nSPS) is 22.2. The van der Waals surface area contributed by atoms with Crippen molar-refractivity contribution in [3.63, 3.8) is 0 Å². The third-order valence-corrected chi connectivity index (χ3v) is 7.75. The van der Waals surface area contributed by atoms with Crippen molar-refractivity contribution in [1.82, 2.24) is 0 Å². The van der Waals surface area contributed by atoms with Crippen LogP contribution < -0.4 is 0 Å².